The molecule has 0 aliphatic carbocycles. The lowest BCUT2D eigenvalue weighted by Crippen LogP contribution is -2.25. The highest BCUT2D eigenvalue weighted by molar-refractivity contribution is 5.87. The van der Waals surface area contributed by atoms with Crippen molar-refractivity contribution in [2.24, 2.45) is 5.92 Å². The van der Waals surface area contributed by atoms with Crippen LogP contribution in [0.4, 0.5) is 0 Å². The Labute approximate surface area is 170 Å². The molecule has 0 bridgehead atoms. The minimum absolute atomic E-state index is 0.0301. The average molecular weight is 386 g/mol. The molecule has 1 amide bonds. The third kappa shape index (κ3) is 9.12. The Kier molecular flexibility index (Phi) is 10.3. The number of rotatable bonds is 13. The van der Waals surface area contributed by atoms with Crippen LogP contribution >= 0.6 is 0 Å². The van der Waals surface area contributed by atoms with Gasteiger partial charge >= 0.3 is 0 Å². The maximum Gasteiger partial charge on any atom is 0.243 e. The lowest BCUT2D eigenvalue weighted by molar-refractivity contribution is -0.116. The first-order valence-electron chi connectivity index (χ1n) is 10.7. The highest BCUT2D eigenvalue weighted by atomic mass is 16.7. The van der Waals surface area contributed by atoms with E-state index in [2.05, 4.69) is 37.4 Å². The predicted octanol–water partition coefficient (Wildman–Crippen LogP) is 5.88. The molecule has 1 N–H and O–H groups in total. The maximum atomic E-state index is 11.5. The number of ether oxygens (including phenoxy) is 2. The number of carbonyl (C=O) groups is 1. The molecule has 1 aromatic rings. The van der Waals surface area contributed by atoms with Crippen LogP contribution in [0.25, 0.3) is 6.08 Å². The second kappa shape index (κ2) is 13.0. The fourth-order valence-corrected chi connectivity index (χ4v) is 3.02. The Balaban J connectivity index is 1.42. The summed E-state index contributed by atoms with van der Waals surface area (Å²) in [4.78, 5) is 11.5. The number of fused-ring (bicyclic) bond motifs is 1. The van der Waals surface area contributed by atoms with Gasteiger partial charge in [0.05, 0.1) is 0 Å². The summed E-state index contributed by atoms with van der Waals surface area (Å²) in [6.07, 6.45) is 17.7. The van der Waals surface area contributed by atoms with E-state index in [0.29, 0.717) is 12.7 Å². The third-order valence-corrected chi connectivity index (χ3v) is 4.65. The first-order chi connectivity index (χ1) is 13.6. The molecule has 0 atom stereocenters. The predicted molar refractivity (Wildman–Crippen MR) is 116 cm³/mol. The van der Waals surface area contributed by atoms with Gasteiger partial charge in [0.1, 0.15) is 0 Å². The lowest BCUT2D eigenvalue weighted by Gasteiger charge is -2.04. The lowest BCUT2D eigenvalue weighted by atomic mass is 10.1. The number of carbonyl (C=O) groups excluding carboxylic acids is 1. The largest absolute Gasteiger partial charge is 0.454 e. The molecular formula is C24H35NO3. The zero-order valence-electron chi connectivity index (χ0n) is 17.4. The van der Waals surface area contributed by atoms with Crippen LogP contribution in [0.1, 0.15) is 70.8 Å². The smallest absolute Gasteiger partial charge is 0.243 e. The van der Waals surface area contributed by atoms with E-state index >= 15 is 0 Å². The van der Waals surface area contributed by atoms with Gasteiger partial charge in [-0.1, -0.05) is 63.8 Å². The van der Waals surface area contributed by atoms with Crippen LogP contribution in [-0.4, -0.2) is 19.2 Å². The Morgan fingerprint density at radius 2 is 1.68 bits per heavy atom. The highest BCUT2D eigenvalue weighted by Gasteiger charge is 2.11. The van der Waals surface area contributed by atoms with Gasteiger partial charge in [0, 0.05) is 6.54 Å². The minimum Gasteiger partial charge on any atom is -0.454 e. The zero-order chi connectivity index (χ0) is 20.0. The highest BCUT2D eigenvalue weighted by Crippen LogP contribution is 2.32. The average Bonchev–Trinajstić information content (AvgIpc) is 3.15. The fraction of sp³-hybridized carbons (Fsp3) is 0.542. The number of hydrogen-bond acceptors (Lipinski definition) is 3. The molecule has 0 saturated carbocycles. The number of hydrogen-bond donors (Lipinski definition) is 1. The molecule has 0 aromatic heterocycles. The van der Waals surface area contributed by atoms with Gasteiger partial charge in [-0.2, -0.15) is 0 Å². The van der Waals surface area contributed by atoms with Crippen LogP contribution in [0.15, 0.2) is 36.4 Å². The summed E-state index contributed by atoms with van der Waals surface area (Å²) in [5.41, 5.74) is 1.16. The number of nitrogens with one attached hydrogen (secondary N) is 1. The van der Waals surface area contributed by atoms with E-state index in [1.54, 1.807) is 6.08 Å². The van der Waals surface area contributed by atoms with Gasteiger partial charge in [-0.05, 0) is 55.4 Å². The van der Waals surface area contributed by atoms with Crippen LogP contribution in [0.2, 0.25) is 0 Å². The molecule has 1 aliphatic heterocycles. The second-order valence-corrected chi connectivity index (χ2v) is 7.76. The van der Waals surface area contributed by atoms with Crippen molar-refractivity contribution in [1.82, 2.24) is 5.32 Å². The van der Waals surface area contributed by atoms with Crippen LogP contribution in [0.3, 0.4) is 0 Å². The van der Waals surface area contributed by atoms with Crippen LogP contribution < -0.4 is 14.8 Å². The Bertz CT molecular complexity index is 649. The van der Waals surface area contributed by atoms with Crippen molar-refractivity contribution in [2.75, 3.05) is 13.3 Å². The van der Waals surface area contributed by atoms with E-state index in [-0.39, 0.29) is 5.91 Å². The van der Waals surface area contributed by atoms with E-state index in [1.807, 2.05) is 18.2 Å². The number of unbranched alkanes of at least 4 members (excludes halogenated alkanes) is 7. The molecule has 4 nitrogen and oxygen atoms in total. The third-order valence-electron chi connectivity index (χ3n) is 4.65. The Morgan fingerprint density at radius 3 is 2.43 bits per heavy atom. The van der Waals surface area contributed by atoms with E-state index in [1.165, 1.54) is 32.1 Å². The van der Waals surface area contributed by atoms with Gasteiger partial charge in [-0.25, -0.2) is 0 Å². The molecule has 0 spiro atoms. The number of allylic oxidation sites excluding steroid dienone is 2. The molecule has 0 saturated heterocycles. The summed E-state index contributed by atoms with van der Waals surface area (Å²) in [6.45, 7) is 5.26. The normalized spacial score (nSPS) is 13.1. The van der Waals surface area contributed by atoms with Gasteiger partial charge in [-0.15, -0.1) is 0 Å². The second-order valence-electron chi connectivity index (χ2n) is 7.76. The molecule has 0 radical (unpaired) electrons. The van der Waals surface area contributed by atoms with Crippen molar-refractivity contribution in [3.8, 4) is 11.5 Å². The monoisotopic (exact) mass is 385 g/mol. The summed E-state index contributed by atoms with van der Waals surface area (Å²) < 4.78 is 10.7. The maximum absolute atomic E-state index is 11.5. The molecule has 1 aromatic carbocycles. The van der Waals surface area contributed by atoms with Crippen LogP contribution in [-0.2, 0) is 4.79 Å². The van der Waals surface area contributed by atoms with Gasteiger partial charge in [0.15, 0.2) is 11.5 Å². The van der Waals surface area contributed by atoms with Gasteiger partial charge < -0.3 is 14.8 Å². The standard InChI is InChI=1S/C24H35NO3/c1-20(2)18-25-24(26)14-12-10-8-6-4-3-5-7-9-11-13-21-15-16-22-23(17-21)28-19-27-22/h11-17,20H,3-10,18-19H2,1-2H3,(H,25,26)/b13-11+,14-12+. The van der Waals surface area contributed by atoms with Crippen molar-refractivity contribution in [3.05, 3.63) is 42.0 Å². The first-order valence-corrected chi connectivity index (χ1v) is 10.7. The number of amides is 1. The summed E-state index contributed by atoms with van der Waals surface area (Å²) >= 11 is 0. The zero-order valence-corrected chi connectivity index (χ0v) is 17.4. The molecule has 0 unspecified atom stereocenters. The van der Waals surface area contributed by atoms with Gasteiger partial charge in [0.25, 0.3) is 0 Å². The van der Waals surface area contributed by atoms with Crippen molar-refractivity contribution in [3.63, 3.8) is 0 Å². The molecule has 2 rings (SSSR count). The quantitative estimate of drug-likeness (QED) is 0.341. The Hall–Kier alpha value is -2.23. The summed E-state index contributed by atoms with van der Waals surface area (Å²) in [7, 11) is 0. The molecule has 4 heteroatoms. The molecule has 0 fully saturated rings. The van der Waals surface area contributed by atoms with Crippen molar-refractivity contribution in [2.45, 2.75) is 65.2 Å². The molecule has 154 valence electrons. The van der Waals surface area contributed by atoms with E-state index in [0.717, 1.165) is 42.9 Å². The topological polar surface area (TPSA) is 47.6 Å². The summed E-state index contributed by atoms with van der Waals surface area (Å²) in [6, 6.07) is 6.06. The van der Waals surface area contributed by atoms with Gasteiger partial charge in [-0.3, -0.25) is 4.79 Å². The fourth-order valence-electron chi connectivity index (χ4n) is 3.02. The van der Waals surface area contributed by atoms with Crippen LogP contribution in [0, 0.1) is 5.92 Å². The SMILES string of the molecule is CC(C)CNC(=O)/C=C/CCCCCCCC/C=C/c1ccc2c(c1)OCO2. The van der Waals surface area contributed by atoms with Gasteiger partial charge in [0.2, 0.25) is 12.7 Å². The van der Waals surface area contributed by atoms with Crippen LogP contribution in [0.5, 0.6) is 11.5 Å². The van der Waals surface area contributed by atoms with E-state index in [9.17, 15) is 4.79 Å². The van der Waals surface area contributed by atoms with Crippen molar-refractivity contribution in [1.29, 1.82) is 0 Å². The number of benzene rings is 1. The molecule has 1 aliphatic rings. The summed E-state index contributed by atoms with van der Waals surface area (Å²) in [5.74, 6) is 2.20. The van der Waals surface area contributed by atoms with E-state index < -0.39 is 0 Å². The van der Waals surface area contributed by atoms with E-state index in [4.69, 9.17) is 9.47 Å². The molecular weight excluding hydrogens is 350 g/mol. The van der Waals surface area contributed by atoms with Crippen molar-refractivity contribution >= 4 is 12.0 Å². The summed E-state index contributed by atoms with van der Waals surface area (Å²) in [5, 5.41) is 2.90. The molecule has 28 heavy (non-hydrogen) atoms. The first kappa shape index (κ1) is 22.1. The minimum atomic E-state index is 0.0301. The Morgan fingerprint density at radius 1 is 1.00 bits per heavy atom. The molecule has 1 heterocycles. The van der Waals surface area contributed by atoms with Crippen molar-refractivity contribution < 1.29 is 14.3 Å².